The number of carbonyl (C=O) groups excluding carboxylic acids is 1. The molecule has 7 heteroatoms. The lowest BCUT2D eigenvalue weighted by molar-refractivity contribution is -0.384. The monoisotopic (exact) mass is 357 g/mol. The van der Waals surface area contributed by atoms with Crippen molar-refractivity contribution in [2.75, 3.05) is 5.32 Å². The van der Waals surface area contributed by atoms with Crippen molar-refractivity contribution in [2.24, 2.45) is 0 Å². The molecule has 0 aromatic heterocycles. The standard InChI is InChI=1S/C19H23N3O4/c1-13-7-5-10-16(22(24)25)17(13)21-15-9-6-8-14(11-15)12-20-18(23)26-19(2,3)4/h5-11,21H,12H2,1-4H3,(H,20,23). The zero-order chi connectivity index (χ0) is 19.3. The highest BCUT2D eigenvalue weighted by Gasteiger charge is 2.17. The van der Waals surface area contributed by atoms with Gasteiger partial charge in [0.1, 0.15) is 11.3 Å². The maximum Gasteiger partial charge on any atom is 0.407 e. The SMILES string of the molecule is Cc1cccc([N+](=O)[O-])c1Nc1cccc(CNC(=O)OC(C)(C)C)c1. The summed E-state index contributed by atoms with van der Waals surface area (Å²) in [6, 6.07) is 12.2. The van der Waals surface area contributed by atoms with E-state index < -0.39 is 16.6 Å². The lowest BCUT2D eigenvalue weighted by Crippen LogP contribution is -2.32. The van der Waals surface area contributed by atoms with E-state index in [1.54, 1.807) is 26.8 Å². The summed E-state index contributed by atoms with van der Waals surface area (Å²) in [7, 11) is 0. The molecule has 0 aliphatic heterocycles. The highest BCUT2D eigenvalue weighted by Crippen LogP contribution is 2.30. The predicted molar refractivity (Wildman–Crippen MR) is 101 cm³/mol. The van der Waals surface area contributed by atoms with Crippen LogP contribution >= 0.6 is 0 Å². The van der Waals surface area contributed by atoms with Crippen LogP contribution in [0.1, 0.15) is 31.9 Å². The molecule has 2 aromatic rings. The molecule has 0 atom stereocenters. The predicted octanol–water partition coefficient (Wildman–Crippen LogP) is 4.67. The Hall–Kier alpha value is -3.09. The van der Waals surface area contributed by atoms with Crippen molar-refractivity contribution in [2.45, 2.75) is 39.8 Å². The van der Waals surface area contributed by atoms with Gasteiger partial charge in [0.25, 0.3) is 5.69 Å². The number of nitro benzene ring substituents is 1. The number of carbonyl (C=O) groups is 1. The Morgan fingerprint density at radius 2 is 1.88 bits per heavy atom. The first-order chi connectivity index (χ1) is 12.2. The molecule has 0 saturated carbocycles. The molecule has 0 aliphatic carbocycles. The molecular weight excluding hydrogens is 334 g/mol. The number of anilines is 2. The fourth-order valence-electron chi connectivity index (χ4n) is 2.36. The molecule has 0 aliphatic rings. The van der Waals surface area contributed by atoms with Crippen LogP contribution < -0.4 is 10.6 Å². The van der Waals surface area contributed by atoms with Crippen LogP contribution in [-0.2, 0) is 11.3 Å². The van der Waals surface area contributed by atoms with Crippen molar-refractivity contribution in [3.05, 3.63) is 63.7 Å². The third kappa shape index (κ3) is 5.47. The van der Waals surface area contributed by atoms with Crippen LogP contribution in [0.2, 0.25) is 0 Å². The average Bonchev–Trinajstić information content (AvgIpc) is 2.53. The smallest absolute Gasteiger partial charge is 0.407 e. The number of alkyl carbamates (subject to hydrolysis) is 1. The van der Waals surface area contributed by atoms with Crippen LogP contribution in [0.25, 0.3) is 0 Å². The molecule has 7 nitrogen and oxygen atoms in total. The molecule has 0 unspecified atom stereocenters. The molecule has 0 heterocycles. The second kappa shape index (κ2) is 7.86. The number of ether oxygens (including phenoxy) is 1. The number of hydrogen-bond acceptors (Lipinski definition) is 5. The second-order valence-electron chi connectivity index (χ2n) is 6.91. The number of para-hydroxylation sites is 1. The largest absolute Gasteiger partial charge is 0.444 e. The fraction of sp³-hybridized carbons (Fsp3) is 0.316. The first-order valence-electron chi connectivity index (χ1n) is 8.22. The average molecular weight is 357 g/mol. The van der Waals surface area contributed by atoms with E-state index >= 15 is 0 Å². The van der Waals surface area contributed by atoms with Crippen LogP contribution in [0.15, 0.2) is 42.5 Å². The first-order valence-corrected chi connectivity index (χ1v) is 8.22. The number of benzene rings is 2. The molecule has 26 heavy (non-hydrogen) atoms. The highest BCUT2D eigenvalue weighted by atomic mass is 16.6. The van der Waals surface area contributed by atoms with Gasteiger partial charge in [-0.2, -0.15) is 0 Å². The van der Waals surface area contributed by atoms with Gasteiger partial charge in [-0.15, -0.1) is 0 Å². The minimum atomic E-state index is -0.558. The number of rotatable bonds is 5. The highest BCUT2D eigenvalue weighted by molar-refractivity contribution is 5.73. The molecule has 1 amide bonds. The Morgan fingerprint density at radius 1 is 1.19 bits per heavy atom. The van der Waals surface area contributed by atoms with E-state index in [-0.39, 0.29) is 5.69 Å². The third-order valence-corrected chi connectivity index (χ3v) is 3.48. The van der Waals surface area contributed by atoms with Gasteiger partial charge in [0.15, 0.2) is 0 Å². The lowest BCUT2D eigenvalue weighted by atomic mass is 10.1. The summed E-state index contributed by atoms with van der Waals surface area (Å²) >= 11 is 0. The summed E-state index contributed by atoms with van der Waals surface area (Å²) in [5.41, 5.74) is 2.23. The van der Waals surface area contributed by atoms with Gasteiger partial charge in [-0.3, -0.25) is 10.1 Å². The van der Waals surface area contributed by atoms with E-state index in [9.17, 15) is 14.9 Å². The number of amides is 1. The number of aryl methyl sites for hydroxylation is 1. The number of nitro groups is 1. The second-order valence-corrected chi connectivity index (χ2v) is 6.91. The van der Waals surface area contributed by atoms with Gasteiger partial charge in [0, 0.05) is 18.3 Å². The summed E-state index contributed by atoms with van der Waals surface area (Å²) in [4.78, 5) is 22.6. The van der Waals surface area contributed by atoms with Gasteiger partial charge in [-0.25, -0.2) is 4.79 Å². The van der Waals surface area contributed by atoms with Gasteiger partial charge in [0.2, 0.25) is 0 Å². The van der Waals surface area contributed by atoms with Crippen molar-refractivity contribution in [1.29, 1.82) is 0 Å². The maximum atomic E-state index is 11.7. The Morgan fingerprint density at radius 3 is 2.54 bits per heavy atom. The molecule has 2 aromatic carbocycles. The summed E-state index contributed by atoms with van der Waals surface area (Å²) in [5.74, 6) is 0. The van der Waals surface area contributed by atoms with Gasteiger partial charge in [0.05, 0.1) is 4.92 Å². The number of nitrogens with zero attached hydrogens (tertiary/aromatic N) is 1. The van der Waals surface area contributed by atoms with E-state index in [2.05, 4.69) is 10.6 Å². The maximum absolute atomic E-state index is 11.7. The van der Waals surface area contributed by atoms with Gasteiger partial charge >= 0.3 is 6.09 Å². The summed E-state index contributed by atoms with van der Waals surface area (Å²) in [6.45, 7) is 7.49. The Bertz CT molecular complexity index is 813. The molecular formula is C19H23N3O4. The minimum Gasteiger partial charge on any atom is -0.444 e. The lowest BCUT2D eigenvalue weighted by Gasteiger charge is -2.19. The first kappa shape index (κ1) is 19.2. The number of nitrogens with one attached hydrogen (secondary N) is 2. The van der Waals surface area contributed by atoms with Crippen LogP contribution in [-0.4, -0.2) is 16.6 Å². The summed E-state index contributed by atoms with van der Waals surface area (Å²) in [6.07, 6.45) is -0.495. The Kier molecular flexibility index (Phi) is 5.82. The molecule has 0 bridgehead atoms. The quantitative estimate of drug-likeness (QED) is 0.599. The molecule has 0 radical (unpaired) electrons. The van der Waals surface area contributed by atoms with E-state index in [0.717, 1.165) is 11.1 Å². The van der Waals surface area contributed by atoms with E-state index in [4.69, 9.17) is 4.74 Å². The van der Waals surface area contributed by atoms with Gasteiger partial charge < -0.3 is 15.4 Å². The molecule has 2 rings (SSSR count). The minimum absolute atomic E-state index is 0.0160. The van der Waals surface area contributed by atoms with E-state index in [1.165, 1.54) is 6.07 Å². The van der Waals surface area contributed by atoms with Gasteiger partial charge in [-0.1, -0.05) is 24.3 Å². The van der Waals surface area contributed by atoms with E-state index in [0.29, 0.717) is 17.9 Å². The van der Waals surface area contributed by atoms with Crippen molar-refractivity contribution < 1.29 is 14.5 Å². The molecule has 138 valence electrons. The molecule has 2 N–H and O–H groups in total. The normalized spacial score (nSPS) is 10.9. The van der Waals surface area contributed by atoms with Crippen LogP contribution in [0.3, 0.4) is 0 Å². The van der Waals surface area contributed by atoms with Gasteiger partial charge in [-0.05, 0) is 51.0 Å². The Balaban J connectivity index is 2.11. The van der Waals surface area contributed by atoms with Crippen LogP contribution in [0.4, 0.5) is 21.9 Å². The van der Waals surface area contributed by atoms with Crippen LogP contribution in [0.5, 0.6) is 0 Å². The number of hydrogen-bond donors (Lipinski definition) is 2. The van der Waals surface area contributed by atoms with E-state index in [1.807, 2.05) is 37.3 Å². The Labute approximate surface area is 152 Å². The van der Waals surface area contributed by atoms with Crippen molar-refractivity contribution in [3.8, 4) is 0 Å². The molecule has 0 fully saturated rings. The molecule has 0 saturated heterocycles. The third-order valence-electron chi connectivity index (χ3n) is 3.48. The summed E-state index contributed by atoms with van der Waals surface area (Å²) < 4.78 is 5.20. The summed E-state index contributed by atoms with van der Waals surface area (Å²) in [5, 5.41) is 17.0. The molecule has 0 spiro atoms. The topological polar surface area (TPSA) is 93.5 Å². The zero-order valence-electron chi connectivity index (χ0n) is 15.3. The van der Waals surface area contributed by atoms with Crippen LogP contribution in [0, 0.1) is 17.0 Å². The fourth-order valence-corrected chi connectivity index (χ4v) is 2.36. The zero-order valence-corrected chi connectivity index (χ0v) is 15.3. The van der Waals surface area contributed by atoms with Crippen molar-refractivity contribution in [1.82, 2.24) is 5.32 Å². The van der Waals surface area contributed by atoms with Crippen molar-refractivity contribution in [3.63, 3.8) is 0 Å². The van der Waals surface area contributed by atoms with Crippen molar-refractivity contribution >= 4 is 23.2 Å².